The van der Waals surface area contributed by atoms with Crippen LogP contribution in [0.1, 0.15) is 16.1 Å². The highest BCUT2D eigenvalue weighted by molar-refractivity contribution is 9.10. The Balaban J connectivity index is 1.90. The van der Waals surface area contributed by atoms with Crippen molar-refractivity contribution in [1.82, 2.24) is 4.98 Å². The molecular formula is C15H9BrN2S. The molecule has 0 aliphatic rings. The monoisotopic (exact) mass is 328 g/mol. The number of fused-ring (bicyclic) bond motifs is 1. The maximum Gasteiger partial charge on any atom is 0.0991 e. The van der Waals surface area contributed by atoms with Gasteiger partial charge in [0.25, 0.3) is 0 Å². The summed E-state index contributed by atoms with van der Waals surface area (Å²) < 4.78 is 2.27. The normalized spacial score (nSPS) is 10.5. The van der Waals surface area contributed by atoms with Gasteiger partial charge in [-0.05, 0) is 35.9 Å². The van der Waals surface area contributed by atoms with Crippen molar-refractivity contribution in [2.45, 2.75) is 6.42 Å². The van der Waals surface area contributed by atoms with E-state index >= 15 is 0 Å². The third kappa shape index (κ3) is 2.67. The van der Waals surface area contributed by atoms with Crippen LogP contribution in [0, 0.1) is 11.3 Å². The zero-order valence-electron chi connectivity index (χ0n) is 9.93. The Bertz CT molecular complexity index is 769. The van der Waals surface area contributed by atoms with E-state index in [9.17, 15) is 0 Å². The van der Waals surface area contributed by atoms with Crippen molar-refractivity contribution in [2.75, 3.05) is 0 Å². The predicted molar refractivity (Wildman–Crippen MR) is 81.3 cm³/mol. The zero-order chi connectivity index (χ0) is 13.2. The van der Waals surface area contributed by atoms with Crippen LogP contribution in [0.2, 0.25) is 0 Å². The topological polar surface area (TPSA) is 36.7 Å². The van der Waals surface area contributed by atoms with Crippen LogP contribution in [0.15, 0.2) is 46.9 Å². The standard InChI is InChI=1S/C15H9BrN2S/c16-12-5-6-13-14(8-12)19-15(18-13)7-10-1-3-11(9-17)4-2-10/h1-6,8H,7H2. The summed E-state index contributed by atoms with van der Waals surface area (Å²) in [6, 6.07) is 15.9. The Labute approximate surface area is 123 Å². The molecule has 3 aromatic rings. The lowest BCUT2D eigenvalue weighted by Gasteiger charge is -1.97. The molecule has 1 heterocycles. The van der Waals surface area contributed by atoms with E-state index in [0.29, 0.717) is 5.56 Å². The minimum absolute atomic E-state index is 0.692. The largest absolute Gasteiger partial charge is 0.241 e. The van der Waals surface area contributed by atoms with Gasteiger partial charge in [-0.2, -0.15) is 5.26 Å². The Morgan fingerprint density at radius 3 is 2.68 bits per heavy atom. The first kappa shape index (κ1) is 12.3. The van der Waals surface area contributed by atoms with E-state index in [0.717, 1.165) is 21.4 Å². The van der Waals surface area contributed by atoms with Crippen molar-refractivity contribution in [3.8, 4) is 6.07 Å². The summed E-state index contributed by atoms with van der Waals surface area (Å²) in [4.78, 5) is 4.62. The molecule has 0 amide bonds. The molecule has 0 unspecified atom stereocenters. The fourth-order valence-electron chi connectivity index (χ4n) is 1.89. The second kappa shape index (κ2) is 5.12. The Hall–Kier alpha value is -1.70. The molecule has 0 spiro atoms. The van der Waals surface area contributed by atoms with Crippen LogP contribution in [0.5, 0.6) is 0 Å². The van der Waals surface area contributed by atoms with Gasteiger partial charge >= 0.3 is 0 Å². The molecule has 1 aromatic heterocycles. The van der Waals surface area contributed by atoms with Crippen LogP contribution in [-0.4, -0.2) is 4.98 Å². The molecular weight excluding hydrogens is 320 g/mol. The lowest BCUT2D eigenvalue weighted by Crippen LogP contribution is -1.86. The number of nitrogens with zero attached hydrogens (tertiary/aromatic N) is 2. The molecule has 0 N–H and O–H groups in total. The fraction of sp³-hybridized carbons (Fsp3) is 0.0667. The van der Waals surface area contributed by atoms with Crippen molar-refractivity contribution in [1.29, 1.82) is 5.26 Å². The van der Waals surface area contributed by atoms with Crippen molar-refractivity contribution in [2.24, 2.45) is 0 Å². The van der Waals surface area contributed by atoms with Crippen LogP contribution in [0.25, 0.3) is 10.2 Å². The summed E-state index contributed by atoms with van der Waals surface area (Å²) >= 11 is 5.18. The molecule has 0 atom stereocenters. The summed E-state index contributed by atoms with van der Waals surface area (Å²) in [7, 11) is 0. The van der Waals surface area contributed by atoms with Gasteiger partial charge in [-0.1, -0.05) is 28.1 Å². The Kier molecular flexibility index (Phi) is 3.33. The molecule has 19 heavy (non-hydrogen) atoms. The maximum atomic E-state index is 8.77. The predicted octanol–water partition coefficient (Wildman–Crippen LogP) is 4.52. The van der Waals surface area contributed by atoms with E-state index in [1.165, 1.54) is 10.3 Å². The van der Waals surface area contributed by atoms with Gasteiger partial charge < -0.3 is 0 Å². The summed E-state index contributed by atoms with van der Waals surface area (Å²) in [5.41, 5.74) is 2.91. The molecule has 0 fully saturated rings. The summed E-state index contributed by atoms with van der Waals surface area (Å²) in [6.07, 6.45) is 0.808. The number of nitriles is 1. The molecule has 0 aliphatic carbocycles. The molecule has 0 bridgehead atoms. The molecule has 0 saturated carbocycles. The van der Waals surface area contributed by atoms with Gasteiger partial charge in [-0.3, -0.25) is 0 Å². The fourth-order valence-corrected chi connectivity index (χ4v) is 3.45. The van der Waals surface area contributed by atoms with Crippen molar-refractivity contribution >= 4 is 37.5 Å². The number of halogens is 1. The summed E-state index contributed by atoms with van der Waals surface area (Å²) in [5, 5.41) is 9.87. The summed E-state index contributed by atoms with van der Waals surface area (Å²) in [6.45, 7) is 0. The maximum absolute atomic E-state index is 8.77. The van der Waals surface area contributed by atoms with Crippen LogP contribution in [0.3, 0.4) is 0 Å². The molecule has 4 heteroatoms. The van der Waals surface area contributed by atoms with Gasteiger partial charge in [0.15, 0.2) is 0 Å². The SMILES string of the molecule is N#Cc1ccc(Cc2nc3ccc(Br)cc3s2)cc1. The first-order chi connectivity index (χ1) is 9.24. The van der Waals surface area contributed by atoms with Gasteiger partial charge in [-0.25, -0.2) is 4.98 Å². The van der Waals surface area contributed by atoms with Crippen LogP contribution < -0.4 is 0 Å². The van der Waals surface area contributed by atoms with Crippen LogP contribution in [0.4, 0.5) is 0 Å². The first-order valence-corrected chi connectivity index (χ1v) is 7.39. The van der Waals surface area contributed by atoms with Crippen molar-refractivity contribution < 1.29 is 0 Å². The number of hydrogen-bond donors (Lipinski definition) is 0. The zero-order valence-corrected chi connectivity index (χ0v) is 12.3. The van der Waals surface area contributed by atoms with Gasteiger partial charge in [0.05, 0.1) is 26.9 Å². The van der Waals surface area contributed by atoms with E-state index in [1.807, 2.05) is 36.4 Å². The highest BCUT2D eigenvalue weighted by Gasteiger charge is 2.05. The van der Waals surface area contributed by atoms with Crippen LogP contribution in [-0.2, 0) is 6.42 Å². The molecule has 2 aromatic carbocycles. The third-order valence-electron chi connectivity index (χ3n) is 2.83. The van der Waals surface area contributed by atoms with Crippen molar-refractivity contribution in [3.63, 3.8) is 0 Å². The average Bonchev–Trinajstić information content (AvgIpc) is 2.81. The molecule has 0 saturated heterocycles. The highest BCUT2D eigenvalue weighted by Crippen LogP contribution is 2.26. The molecule has 3 rings (SSSR count). The number of hydrogen-bond acceptors (Lipinski definition) is 3. The third-order valence-corrected chi connectivity index (χ3v) is 4.34. The molecule has 0 radical (unpaired) electrons. The van der Waals surface area contributed by atoms with Crippen molar-refractivity contribution in [3.05, 3.63) is 63.1 Å². The van der Waals surface area contributed by atoms with Gasteiger partial charge in [0, 0.05) is 10.9 Å². The number of rotatable bonds is 2. The minimum atomic E-state index is 0.692. The second-order valence-electron chi connectivity index (χ2n) is 4.21. The van der Waals surface area contributed by atoms with Gasteiger partial charge in [0.1, 0.15) is 0 Å². The highest BCUT2D eigenvalue weighted by atomic mass is 79.9. The summed E-state index contributed by atoms with van der Waals surface area (Å²) in [5.74, 6) is 0. The number of thiazole rings is 1. The molecule has 2 nitrogen and oxygen atoms in total. The van der Waals surface area contributed by atoms with E-state index in [-0.39, 0.29) is 0 Å². The van der Waals surface area contributed by atoms with E-state index < -0.39 is 0 Å². The van der Waals surface area contributed by atoms with Gasteiger partial charge in [0.2, 0.25) is 0 Å². The number of aromatic nitrogens is 1. The molecule has 0 aliphatic heterocycles. The van der Waals surface area contributed by atoms with Crippen LogP contribution >= 0.6 is 27.3 Å². The smallest absolute Gasteiger partial charge is 0.0991 e. The van der Waals surface area contributed by atoms with E-state index in [2.05, 4.69) is 33.0 Å². The quantitative estimate of drug-likeness (QED) is 0.693. The average molecular weight is 329 g/mol. The first-order valence-electron chi connectivity index (χ1n) is 5.78. The molecule has 92 valence electrons. The van der Waals surface area contributed by atoms with Gasteiger partial charge in [-0.15, -0.1) is 11.3 Å². The lowest BCUT2D eigenvalue weighted by molar-refractivity contribution is 1.15. The van der Waals surface area contributed by atoms with E-state index in [1.54, 1.807) is 11.3 Å². The number of benzene rings is 2. The van der Waals surface area contributed by atoms with E-state index in [4.69, 9.17) is 5.26 Å². The second-order valence-corrected chi connectivity index (χ2v) is 6.24. The lowest BCUT2D eigenvalue weighted by atomic mass is 10.1. The minimum Gasteiger partial charge on any atom is -0.241 e. The Morgan fingerprint density at radius 2 is 1.95 bits per heavy atom. The Morgan fingerprint density at radius 1 is 1.16 bits per heavy atom.